The molecule has 0 spiro atoms. The number of nitrogens with zero attached hydrogens (tertiary/aromatic N) is 1. The normalized spacial score (nSPS) is 23.0. The number of hydrogen-bond acceptors (Lipinski definition) is 4. The standard InChI is InChI=1S/C14H21N3O2/c1-10-3-2-4-11(5-10)9-16-13-6-12(15)7-14(8-13)17(18)19/h6-8,10-11,16H,2-5,9,15H2,1H3. The molecular formula is C14H21N3O2. The van der Waals surface area contributed by atoms with Crippen LogP contribution in [0.1, 0.15) is 32.6 Å². The molecule has 1 aromatic rings. The van der Waals surface area contributed by atoms with Gasteiger partial charge in [0.2, 0.25) is 0 Å². The van der Waals surface area contributed by atoms with Crippen LogP contribution in [0.3, 0.4) is 0 Å². The van der Waals surface area contributed by atoms with Gasteiger partial charge in [-0.3, -0.25) is 10.1 Å². The number of nitrogen functional groups attached to an aromatic ring is 1. The molecule has 0 heterocycles. The predicted molar refractivity (Wildman–Crippen MR) is 77.1 cm³/mol. The Morgan fingerprint density at radius 1 is 1.42 bits per heavy atom. The van der Waals surface area contributed by atoms with E-state index in [0.717, 1.165) is 18.2 Å². The Kier molecular flexibility index (Phi) is 4.24. The molecule has 1 aliphatic carbocycles. The summed E-state index contributed by atoms with van der Waals surface area (Å²) < 4.78 is 0. The van der Waals surface area contributed by atoms with E-state index in [1.54, 1.807) is 12.1 Å². The first kappa shape index (κ1) is 13.6. The molecule has 1 aromatic carbocycles. The van der Waals surface area contributed by atoms with Gasteiger partial charge in [-0.1, -0.05) is 19.8 Å². The maximum absolute atomic E-state index is 10.8. The summed E-state index contributed by atoms with van der Waals surface area (Å²) in [6.45, 7) is 3.16. The van der Waals surface area contributed by atoms with Gasteiger partial charge in [0.1, 0.15) is 0 Å². The van der Waals surface area contributed by atoms with E-state index in [-0.39, 0.29) is 5.69 Å². The van der Waals surface area contributed by atoms with E-state index in [9.17, 15) is 10.1 Å². The Morgan fingerprint density at radius 2 is 2.21 bits per heavy atom. The van der Waals surface area contributed by atoms with Crippen molar-refractivity contribution < 1.29 is 4.92 Å². The summed E-state index contributed by atoms with van der Waals surface area (Å²) in [5, 5.41) is 14.1. The average Bonchev–Trinajstić information content (AvgIpc) is 2.36. The summed E-state index contributed by atoms with van der Waals surface area (Å²) in [4.78, 5) is 10.4. The van der Waals surface area contributed by atoms with Crippen LogP contribution in [0, 0.1) is 22.0 Å². The van der Waals surface area contributed by atoms with Crippen LogP contribution in [0.15, 0.2) is 18.2 Å². The molecule has 2 atom stereocenters. The van der Waals surface area contributed by atoms with E-state index in [1.165, 1.54) is 31.7 Å². The number of nitro benzene ring substituents is 1. The fourth-order valence-corrected chi connectivity index (χ4v) is 2.85. The highest BCUT2D eigenvalue weighted by atomic mass is 16.6. The van der Waals surface area contributed by atoms with Crippen molar-refractivity contribution in [3.05, 3.63) is 28.3 Å². The van der Waals surface area contributed by atoms with Gasteiger partial charge in [0.15, 0.2) is 0 Å². The Bertz CT molecular complexity index is 462. The van der Waals surface area contributed by atoms with Crippen LogP contribution in [0.4, 0.5) is 17.1 Å². The summed E-state index contributed by atoms with van der Waals surface area (Å²) in [6.07, 6.45) is 5.07. The number of non-ortho nitro benzene ring substituents is 1. The molecule has 19 heavy (non-hydrogen) atoms. The molecule has 1 aliphatic rings. The number of nitro groups is 1. The SMILES string of the molecule is CC1CCCC(CNc2cc(N)cc([N+](=O)[O-])c2)C1. The second-order valence-electron chi connectivity index (χ2n) is 5.59. The minimum absolute atomic E-state index is 0.0412. The monoisotopic (exact) mass is 263 g/mol. The highest BCUT2D eigenvalue weighted by Gasteiger charge is 2.18. The molecule has 1 saturated carbocycles. The van der Waals surface area contributed by atoms with Crippen molar-refractivity contribution in [1.82, 2.24) is 0 Å². The molecule has 0 aliphatic heterocycles. The highest BCUT2D eigenvalue weighted by Crippen LogP contribution is 2.29. The molecule has 2 unspecified atom stereocenters. The number of benzene rings is 1. The van der Waals surface area contributed by atoms with E-state index >= 15 is 0 Å². The van der Waals surface area contributed by atoms with Gasteiger partial charge in [-0.15, -0.1) is 0 Å². The molecule has 5 heteroatoms. The Labute approximate surface area is 113 Å². The van der Waals surface area contributed by atoms with Crippen molar-refractivity contribution in [2.45, 2.75) is 32.6 Å². The van der Waals surface area contributed by atoms with Crippen molar-refractivity contribution in [2.75, 3.05) is 17.6 Å². The number of nitrogens with two attached hydrogens (primary N) is 1. The maximum atomic E-state index is 10.8. The lowest BCUT2D eigenvalue weighted by Crippen LogP contribution is -2.21. The van der Waals surface area contributed by atoms with Crippen LogP contribution in [-0.2, 0) is 0 Å². The third kappa shape index (κ3) is 3.84. The lowest BCUT2D eigenvalue weighted by atomic mass is 9.82. The van der Waals surface area contributed by atoms with Crippen LogP contribution in [0.5, 0.6) is 0 Å². The average molecular weight is 263 g/mol. The zero-order chi connectivity index (χ0) is 13.8. The van der Waals surface area contributed by atoms with E-state index in [4.69, 9.17) is 5.73 Å². The molecule has 1 fully saturated rings. The molecule has 5 nitrogen and oxygen atoms in total. The van der Waals surface area contributed by atoms with E-state index in [0.29, 0.717) is 11.6 Å². The summed E-state index contributed by atoms with van der Waals surface area (Å²) in [5.74, 6) is 1.44. The third-order valence-electron chi connectivity index (χ3n) is 3.79. The van der Waals surface area contributed by atoms with Crippen molar-refractivity contribution in [3.63, 3.8) is 0 Å². The van der Waals surface area contributed by atoms with Gasteiger partial charge in [-0.2, -0.15) is 0 Å². The zero-order valence-electron chi connectivity index (χ0n) is 11.3. The number of nitrogens with one attached hydrogen (secondary N) is 1. The molecule has 0 saturated heterocycles. The fraction of sp³-hybridized carbons (Fsp3) is 0.571. The molecule has 0 amide bonds. The molecule has 104 valence electrons. The smallest absolute Gasteiger partial charge is 0.273 e. The maximum Gasteiger partial charge on any atom is 0.273 e. The summed E-state index contributed by atoms with van der Waals surface area (Å²) in [6, 6.07) is 4.68. The number of hydrogen-bond donors (Lipinski definition) is 2. The topological polar surface area (TPSA) is 81.2 Å². The summed E-state index contributed by atoms with van der Waals surface area (Å²) >= 11 is 0. The van der Waals surface area contributed by atoms with Gasteiger partial charge in [0, 0.05) is 30.1 Å². The van der Waals surface area contributed by atoms with E-state index in [2.05, 4.69) is 12.2 Å². The van der Waals surface area contributed by atoms with Crippen LogP contribution < -0.4 is 11.1 Å². The van der Waals surface area contributed by atoms with Gasteiger partial charge < -0.3 is 11.1 Å². The molecule has 0 aromatic heterocycles. The van der Waals surface area contributed by atoms with Crippen molar-refractivity contribution in [1.29, 1.82) is 0 Å². The van der Waals surface area contributed by atoms with Gasteiger partial charge >= 0.3 is 0 Å². The highest BCUT2D eigenvalue weighted by molar-refractivity contribution is 5.61. The number of rotatable bonds is 4. The number of anilines is 2. The minimum atomic E-state index is -0.412. The Balaban J connectivity index is 1.97. The zero-order valence-corrected chi connectivity index (χ0v) is 11.3. The quantitative estimate of drug-likeness (QED) is 0.495. The lowest BCUT2D eigenvalue weighted by Gasteiger charge is -2.27. The molecular weight excluding hydrogens is 242 g/mol. The van der Waals surface area contributed by atoms with Gasteiger partial charge in [0.25, 0.3) is 5.69 Å². The lowest BCUT2D eigenvalue weighted by molar-refractivity contribution is -0.384. The van der Waals surface area contributed by atoms with Crippen LogP contribution in [0.2, 0.25) is 0 Å². The van der Waals surface area contributed by atoms with Crippen molar-refractivity contribution in [3.8, 4) is 0 Å². The van der Waals surface area contributed by atoms with Crippen LogP contribution in [0.25, 0.3) is 0 Å². The molecule has 3 N–H and O–H groups in total. The second-order valence-corrected chi connectivity index (χ2v) is 5.59. The Hall–Kier alpha value is -1.78. The predicted octanol–water partition coefficient (Wildman–Crippen LogP) is 3.42. The van der Waals surface area contributed by atoms with Gasteiger partial charge in [-0.25, -0.2) is 0 Å². The van der Waals surface area contributed by atoms with Crippen LogP contribution >= 0.6 is 0 Å². The molecule has 0 radical (unpaired) electrons. The van der Waals surface area contributed by atoms with Gasteiger partial charge in [-0.05, 0) is 30.7 Å². The molecule has 2 rings (SSSR count). The first-order valence-electron chi connectivity index (χ1n) is 6.83. The third-order valence-corrected chi connectivity index (χ3v) is 3.79. The molecule has 0 bridgehead atoms. The first-order chi connectivity index (χ1) is 9.04. The summed E-state index contributed by atoms with van der Waals surface area (Å²) in [7, 11) is 0. The van der Waals surface area contributed by atoms with Gasteiger partial charge in [0.05, 0.1) is 4.92 Å². The van der Waals surface area contributed by atoms with E-state index < -0.39 is 4.92 Å². The Morgan fingerprint density at radius 3 is 2.89 bits per heavy atom. The van der Waals surface area contributed by atoms with Crippen molar-refractivity contribution in [2.24, 2.45) is 11.8 Å². The second kappa shape index (κ2) is 5.91. The van der Waals surface area contributed by atoms with E-state index in [1.807, 2.05) is 0 Å². The van der Waals surface area contributed by atoms with Crippen LogP contribution in [-0.4, -0.2) is 11.5 Å². The largest absolute Gasteiger partial charge is 0.398 e. The first-order valence-corrected chi connectivity index (χ1v) is 6.83. The van der Waals surface area contributed by atoms with Crippen molar-refractivity contribution >= 4 is 17.1 Å². The fourth-order valence-electron chi connectivity index (χ4n) is 2.85. The summed E-state index contributed by atoms with van der Waals surface area (Å²) in [5.41, 5.74) is 6.89. The minimum Gasteiger partial charge on any atom is -0.398 e.